The molecule has 144 valence electrons. The summed E-state index contributed by atoms with van der Waals surface area (Å²) in [6.07, 6.45) is 1.63. The molecule has 4 rings (SSSR count). The van der Waals surface area contributed by atoms with Crippen molar-refractivity contribution < 1.29 is 18.7 Å². The summed E-state index contributed by atoms with van der Waals surface area (Å²) in [5.41, 5.74) is 2.42. The maximum Gasteiger partial charge on any atom is 0.363 e. The van der Waals surface area contributed by atoms with Crippen molar-refractivity contribution in [3.05, 3.63) is 105 Å². The van der Waals surface area contributed by atoms with Crippen LogP contribution in [0, 0.1) is 5.82 Å². The highest BCUT2D eigenvalue weighted by Gasteiger charge is 2.24. The fraction of sp³-hybridized carbons (Fsp3) is 0.0435. The van der Waals surface area contributed by atoms with Crippen molar-refractivity contribution >= 4 is 33.9 Å². The highest BCUT2D eigenvalue weighted by molar-refractivity contribution is 9.10. The summed E-state index contributed by atoms with van der Waals surface area (Å²) in [6, 6.07) is 20.8. The highest BCUT2D eigenvalue weighted by Crippen LogP contribution is 2.28. The molecule has 0 bridgehead atoms. The first kappa shape index (κ1) is 19.1. The second-order valence-electron chi connectivity index (χ2n) is 6.30. The van der Waals surface area contributed by atoms with Crippen LogP contribution in [0.3, 0.4) is 0 Å². The van der Waals surface area contributed by atoms with E-state index in [-0.39, 0.29) is 24.0 Å². The fourth-order valence-corrected chi connectivity index (χ4v) is 3.14. The van der Waals surface area contributed by atoms with Crippen molar-refractivity contribution in [1.29, 1.82) is 0 Å². The van der Waals surface area contributed by atoms with Crippen LogP contribution in [0.2, 0.25) is 0 Å². The standard InChI is InChI=1S/C23H15BrFNO3/c24-18-8-11-21(28-14-15-6-9-19(25)10-7-15)17(12-18)13-20-23(27)29-22(26-20)16-4-2-1-3-5-16/h1-13H,14H2/b20-13+. The number of ether oxygens (including phenoxy) is 2. The van der Waals surface area contributed by atoms with Crippen LogP contribution in [0.5, 0.6) is 5.75 Å². The summed E-state index contributed by atoms with van der Waals surface area (Å²) in [6.45, 7) is 0.265. The lowest BCUT2D eigenvalue weighted by molar-refractivity contribution is -0.129. The van der Waals surface area contributed by atoms with E-state index in [1.807, 2.05) is 42.5 Å². The number of halogens is 2. The third kappa shape index (κ3) is 4.60. The van der Waals surface area contributed by atoms with Gasteiger partial charge in [-0.2, -0.15) is 0 Å². The molecule has 1 aliphatic rings. The predicted octanol–water partition coefficient (Wildman–Crippen LogP) is 5.51. The molecule has 6 heteroatoms. The lowest BCUT2D eigenvalue weighted by Gasteiger charge is -2.10. The molecule has 0 aliphatic carbocycles. The zero-order valence-electron chi connectivity index (χ0n) is 15.1. The molecule has 0 spiro atoms. The first-order valence-electron chi connectivity index (χ1n) is 8.83. The van der Waals surface area contributed by atoms with Crippen LogP contribution in [0.25, 0.3) is 6.08 Å². The normalized spacial score (nSPS) is 14.6. The van der Waals surface area contributed by atoms with Crippen LogP contribution in [0.4, 0.5) is 4.39 Å². The van der Waals surface area contributed by atoms with Gasteiger partial charge in [0, 0.05) is 15.6 Å². The molecule has 0 fully saturated rings. The largest absolute Gasteiger partial charge is 0.488 e. The van der Waals surface area contributed by atoms with E-state index in [0.717, 1.165) is 15.6 Å². The molecule has 0 atom stereocenters. The number of carbonyl (C=O) groups is 1. The molecule has 0 saturated heterocycles. The van der Waals surface area contributed by atoms with E-state index in [1.165, 1.54) is 12.1 Å². The number of hydrogen-bond donors (Lipinski definition) is 0. The molecule has 4 nitrogen and oxygen atoms in total. The Bertz CT molecular complexity index is 1110. The van der Waals surface area contributed by atoms with E-state index in [4.69, 9.17) is 9.47 Å². The minimum absolute atomic E-state index is 0.189. The Hall–Kier alpha value is -3.25. The van der Waals surface area contributed by atoms with Crippen molar-refractivity contribution in [1.82, 2.24) is 0 Å². The molecule has 0 amide bonds. The zero-order chi connectivity index (χ0) is 20.2. The number of aliphatic imine (C=N–C) groups is 1. The first-order valence-corrected chi connectivity index (χ1v) is 9.62. The second-order valence-corrected chi connectivity index (χ2v) is 7.22. The fourth-order valence-electron chi connectivity index (χ4n) is 2.77. The predicted molar refractivity (Wildman–Crippen MR) is 112 cm³/mol. The van der Waals surface area contributed by atoms with Crippen molar-refractivity contribution in [2.75, 3.05) is 0 Å². The van der Waals surface area contributed by atoms with Crippen LogP contribution in [-0.4, -0.2) is 11.9 Å². The summed E-state index contributed by atoms with van der Waals surface area (Å²) in [7, 11) is 0. The van der Waals surface area contributed by atoms with Gasteiger partial charge in [-0.1, -0.05) is 46.3 Å². The van der Waals surface area contributed by atoms with Gasteiger partial charge < -0.3 is 9.47 Å². The van der Waals surface area contributed by atoms with Gasteiger partial charge in [0.05, 0.1) is 0 Å². The van der Waals surface area contributed by atoms with Crippen LogP contribution >= 0.6 is 15.9 Å². The molecule has 3 aromatic carbocycles. The first-order chi connectivity index (χ1) is 14.1. The molecule has 0 radical (unpaired) electrons. The maximum atomic E-state index is 13.1. The molecular weight excluding hydrogens is 437 g/mol. The van der Waals surface area contributed by atoms with E-state index in [1.54, 1.807) is 24.3 Å². The SMILES string of the molecule is O=C1OC(c2ccccc2)=N/C1=C/c1cc(Br)ccc1OCc1ccc(F)cc1. The number of cyclic esters (lactones) is 1. The lowest BCUT2D eigenvalue weighted by Crippen LogP contribution is -2.05. The average Bonchev–Trinajstić information content (AvgIpc) is 3.10. The average molecular weight is 452 g/mol. The minimum atomic E-state index is -0.520. The molecule has 0 N–H and O–H groups in total. The van der Waals surface area contributed by atoms with Crippen molar-refractivity contribution in [3.63, 3.8) is 0 Å². The van der Waals surface area contributed by atoms with Gasteiger partial charge in [-0.15, -0.1) is 0 Å². The number of benzene rings is 3. The van der Waals surface area contributed by atoms with Crippen LogP contribution in [0.15, 0.2) is 88.0 Å². The Morgan fingerprint density at radius 2 is 1.79 bits per heavy atom. The second kappa shape index (κ2) is 8.41. The highest BCUT2D eigenvalue weighted by atomic mass is 79.9. The molecule has 3 aromatic rings. The number of rotatable bonds is 5. The Labute approximate surface area is 175 Å². The van der Waals surface area contributed by atoms with Crippen LogP contribution in [0.1, 0.15) is 16.7 Å². The van der Waals surface area contributed by atoms with Gasteiger partial charge in [0.1, 0.15) is 18.2 Å². The van der Waals surface area contributed by atoms with Gasteiger partial charge in [-0.3, -0.25) is 0 Å². The summed E-state index contributed by atoms with van der Waals surface area (Å²) >= 11 is 3.43. The molecular formula is C23H15BrFNO3. The third-order valence-electron chi connectivity index (χ3n) is 4.21. The molecule has 1 aliphatic heterocycles. The van der Waals surface area contributed by atoms with Crippen molar-refractivity contribution in [3.8, 4) is 5.75 Å². The van der Waals surface area contributed by atoms with Crippen molar-refractivity contribution in [2.45, 2.75) is 6.61 Å². The summed E-state index contributed by atoms with van der Waals surface area (Å²) in [5.74, 6) is 0.0229. The molecule has 0 unspecified atom stereocenters. The van der Waals surface area contributed by atoms with Gasteiger partial charge in [0.15, 0.2) is 5.70 Å². The van der Waals surface area contributed by atoms with Crippen LogP contribution in [-0.2, 0) is 16.1 Å². The topological polar surface area (TPSA) is 47.9 Å². The van der Waals surface area contributed by atoms with E-state index in [0.29, 0.717) is 11.3 Å². The molecule has 0 saturated carbocycles. The van der Waals surface area contributed by atoms with Gasteiger partial charge >= 0.3 is 5.97 Å². The summed E-state index contributed by atoms with van der Waals surface area (Å²) in [4.78, 5) is 16.6. The summed E-state index contributed by atoms with van der Waals surface area (Å²) in [5, 5.41) is 0. The molecule has 0 aromatic heterocycles. The van der Waals surface area contributed by atoms with Gasteiger partial charge in [0.25, 0.3) is 0 Å². The van der Waals surface area contributed by atoms with Gasteiger partial charge in [-0.25, -0.2) is 14.2 Å². The summed E-state index contributed by atoms with van der Waals surface area (Å²) < 4.78 is 25.1. The minimum Gasteiger partial charge on any atom is -0.488 e. The zero-order valence-corrected chi connectivity index (χ0v) is 16.7. The van der Waals surface area contributed by atoms with E-state index < -0.39 is 5.97 Å². The van der Waals surface area contributed by atoms with Gasteiger partial charge in [-0.05, 0) is 54.1 Å². The van der Waals surface area contributed by atoms with E-state index >= 15 is 0 Å². The molecule has 29 heavy (non-hydrogen) atoms. The van der Waals surface area contributed by atoms with E-state index in [2.05, 4.69) is 20.9 Å². The van der Waals surface area contributed by atoms with Crippen molar-refractivity contribution in [2.24, 2.45) is 4.99 Å². The van der Waals surface area contributed by atoms with E-state index in [9.17, 15) is 9.18 Å². The van der Waals surface area contributed by atoms with Crippen LogP contribution < -0.4 is 4.74 Å². The Morgan fingerprint density at radius 1 is 1.03 bits per heavy atom. The Balaban J connectivity index is 1.60. The monoisotopic (exact) mass is 451 g/mol. The number of esters is 1. The Kier molecular flexibility index (Phi) is 5.53. The molecule has 1 heterocycles. The number of hydrogen-bond acceptors (Lipinski definition) is 4. The number of carbonyl (C=O) groups excluding carboxylic acids is 1. The lowest BCUT2D eigenvalue weighted by atomic mass is 10.1. The number of nitrogens with zero attached hydrogens (tertiary/aromatic N) is 1. The maximum absolute atomic E-state index is 13.1. The van der Waals surface area contributed by atoms with Gasteiger partial charge in [0.2, 0.25) is 5.90 Å². The third-order valence-corrected chi connectivity index (χ3v) is 4.71. The quantitative estimate of drug-likeness (QED) is 0.379. The smallest absolute Gasteiger partial charge is 0.363 e. The Morgan fingerprint density at radius 3 is 2.55 bits per heavy atom.